The molecule has 5 heteroatoms. The van der Waals surface area contributed by atoms with E-state index >= 15 is 0 Å². The van der Waals surface area contributed by atoms with E-state index in [2.05, 4.69) is 0 Å². The molecule has 2 nitrogen and oxygen atoms in total. The molecule has 96 valence electrons. The summed E-state index contributed by atoms with van der Waals surface area (Å²) < 4.78 is 18.2. The molecule has 1 aromatic carbocycles. The van der Waals surface area contributed by atoms with Gasteiger partial charge in [0, 0.05) is 21.3 Å². The molecule has 0 amide bonds. The van der Waals surface area contributed by atoms with Crippen LogP contribution >= 0.6 is 22.9 Å². The lowest BCUT2D eigenvalue weighted by molar-refractivity contribution is 0.416. The lowest BCUT2D eigenvalue weighted by atomic mass is 10.1. The quantitative estimate of drug-likeness (QED) is 0.927. The molecule has 0 fully saturated rings. The SMILES string of the molecule is COc1csc(C(N)Cc2cc(F)ccc2Cl)c1. The van der Waals surface area contributed by atoms with Gasteiger partial charge in [0.15, 0.2) is 0 Å². The maximum atomic E-state index is 13.1. The van der Waals surface area contributed by atoms with Gasteiger partial charge in [0.2, 0.25) is 0 Å². The summed E-state index contributed by atoms with van der Waals surface area (Å²) in [5.74, 6) is 0.487. The Hall–Kier alpha value is -1.10. The van der Waals surface area contributed by atoms with Crippen molar-refractivity contribution in [2.75, 3.05) is 7.11 Å². The number of ether oxygens (including phenoxy) is 1. The molecule has 0 radical (unpaired) electrons. The molecule has 0 spiro atoms. The number of hydrogen-bond donors (Lipinski definition) is 1. The highest BCUT2D eigenvalue weighted by Gasteiger charge is 2.13. The van der Waals surface area contributed by atoms with E-state index in [9.17, 15) is 4.39 Å². The zero-order valence-corrected chi connectivity index (χ0v) is 11.4. The van der Waals surface area contributed by atoms with Crippen molar-refractivity contribution in [2.45, 2.75) is 12.5 Å². The van der Waals surface area contributed by atoms with Crippen LogP contribution in [0.25, 0.3) is 0 Å². The molecule has 0 saturated carbocycles. The first kappa shape index (κ1) is 13.3. The highest BCUT2D eigenvalue weighted by atomic mass is 35.5. The van der Waals surface area contributed by atoms with Crippen LogP contribution in [-0.2, 0) is 6.42 Å². The average molecular weight is 286 g/mol. The van der Waals surface area contributed by atoms with E-state index in [0.717, 1.165) is 16.2 Å². The van der Waals surface area contributed by atoms with Crippen LogP contribution in [0.5, 0.6) is 5.75 Å². The van der Waals surface area contributed by atoms with Crippen molar-refractivity contribution >= 4 is 22.9 Å². The van der Waals surface area contributed by atoms with Gasteiger partial charge in [-0.05, 0) is 36.2 Å². The maximum absolute atomic E-state index is 13.1. The van der Waals surface area contributed by atoms with Crippen molar-refractivity contribution in [1.82, 2.24) is 0 Å². The zero-order chi connectivity index (χ0) is 13.1. The van der Waals surface area contributed by atoms with Gasteiger partial charge < -0.3 is 10.5 Å². The molecule has 2 aromatic rings. The van der Waals surface area contributed by atoms with Crippen LogP contribution in [0.3, 0.4) is 0 Å². The predicted octanol–water partition coefficient (Wildman–Crippen LogP) is 3.79. The Balaban J connectivity index is 2.15. The van der Waals surface area contributed by atoms with Crippen LogP contribution in [0.2, 0.25) is 5.02 Å². The van der Waals surface area contributed by atoms with Crippen molar-refractivity contribution in [1.29, 1.82) is 0 Å². The molecule has 1 unspecified atom stereocenters. The lowest BCUT2D eigenvalue weighted by Gasteiger charge is -2.11. The van der Waals surface area contributed by atoms with Crippen molar-refractivity contribution < 1.29 is 9.13 Å². The molecule has 2 rings (SSSR count). The highest BCUT2D eigenvalue weighted by Crippen LogP contribution is 2.29. The Bertz CT molecular complexity index is 544. The first-order valence-corrected chi connectivity index (χ1v) is 6.68. The molecule has 0 aliphatic carbocycles. The van der Waals surface area contributed by atoms with E-state index in [0.29, 0.717) is 11.4 Å². The van der Waals surface area contributed by atoms with Crippen LogP contribution in [0, 0.1) is 5.82 Å². The van der Waals surface area contributed by atoms with Crippen LogP contribution in [0.1, 0.15) is 16.5 Å². The highest BCUT2D eigenvalue weighted by molar-refractivity contribution is 7.10. The van der Waals surface area contributed by atoms with E-state index < -0.39 is 0 Å². The van der Waals surface area contributed by atoms with Gasteiger partial charge in [0.1, 0.15) is 11.6 Å². The van der Waals surface area contributed by atoms with Gasteiger partial charge >= 0.3 is 0 Å². The third kappa shape index (κ3) is 3.02. The Morgan fingerprint density at radius 3 is 2.89 bits per heavy atom. The second-order valence-corrected chi connectivity index (χ2v) is 5.29. The van der Waals surface area contributed by atoms with Gasteiger partial charge in [-0.25, -0.2) is 4.39 Å². The maximum Gasteiger partial charge on any atom is 0.129 e. The smallest absolute Gasteiger partial charge is 0.129 e. The Labute approximate surface area is 114 Å². The van der Waals surface area contributed by atoms with E-state index in [1.165, 1.54) is 23.5 Å². The fourth-order valence-corrected chi connectivity index (χ4v) is 2.73. The first-order valence-electron chi connectivity index (χ1n) is 5.42. The largest absolute Gasteiger partial charge is 0.496 e. The van der Waals surface area contributed by atoms with E-state index in [1.807, 2.05) is 11.4 Å². The fraction of sp³-hybridized carbons (Fsp3) is 0.231. The molecule has 0 saturated heterocycles. The molecule has 0 bridgehead atoms. The minimum atomic E-state index is -0.301. The zero-order valence-electron chi connectivity index (χ0n) is 9.82. The normalized spacial score (nSPS) is 12.4. The predicted molar refractivity (Wildman–Crippen MR) is 72.9 cm³/mol. The van der Waals surface area contributed by atoms with Gasteiger partial charge in [0.05, 0.1) is 7.11 Å². The van der Waals surface area contributed by atoms with Crippen LogP contribution in [-0.4, -0.2) is 7.11 Å². The minimum absolute atomic E-state index is 0.210. The Morgan fingerprint density at radius 2 is 2.22 bits per heavy atom. The van der Waals surface area contributed by atoms with Crippen LogP contribution in [0.15, 0.2) is 29.6 Å². The standard InChI is InChI=1S/C13H13ClFNOS/c1-17-10-6-13(18-7-10)12(16)5-8-4-9(15)2-3-11(8)14/h2-4,6-7,12H,5,16H2,1H3. The summed E-state index contributed by atoms with van der Waals surface area (Å²) in [5, 5.41) is 2.43. The summed E-state index contributed by atoms with van der Waals surface area (Å²) in [6.45, 7) is 0. The fourth-order valence-electron chi connectivity index (χ4n) is 1.67. The summed E-state index contributed by atoms with van der Waals surface area (Å²) in [5.41, 5.74) is 6.81. The number of nitrogens with two attached hydrogens (primary N) is 1. The molecular weight excluding hydrogens is 273 g/mol. The second-order valence-electron chi connectivity index (χ2n) is 3.94. The third-order valence-electron chi connectivity index (χ3n) is 2.64. The van der Waals surface area contributed by atoms with Crippen LogP contribution in [0.4, 0.5) is 4.39 Å². The van der Waals surface area contributed by atoms with Crippen molar-refractivity contribution in [3.8, 4) is 5.75 Å². The summed E-state index contributed by atoms with van der Waals surface area (Å²) >= 11 is 7.54. The molecule has 1 heterocycles. The number of rotatable bonds is 4. The molecule has 18 heavy (non-hydrogen) atoms. The Morgan fingerprint density at radius 1 is 1.44 bits per heavy atom. The van der Waals surface area contributed by atoms with Gasteiger partial charge in [-0.3, -0.25) is 0 Å². The number of benzene rings is 1. The minimum Gasteiger partial charge on any atom is -0.496 e. The molecule has 0 aliphatic heterocycles. The van der Waals surface area contributed by atoms with Crippen molar-refractivity contribution in [2.24, 2.45) is 5.73 Å². The van der Waals surface area contributed by atoms with E-state index in [4.69, 9.17) is 22.1 Å². The molecule has 1 atom stereocenters. The van der Waals surface area contributed by atoms with Gasteiger partial charge in [-0.2, -0.15) is 0 Å². The summed E-state index contributed by atoms with van der Waals surface area (Å²) in [4.78, 5) is 0.993. The summed E-state index contributed by atoms with van der Waals surface area (Å²) in [6, 6.07) is 5.99. The summed E-state index contributed by atoms with van der Waals surface area (Å²) in [6.07, 6.45) is 0.500. The second kappa shape index (κ2) is 5.69. The average Bonchev–Trinajstić information content (AvgIpc) is 2.82. The van der Waals surface area contributed by atoms with E-state index in [1.54, 1.807) is 13.2 Å². The van der Waals surface area contributed by atoms with Crippen molar-refractivity contribution in [3.63, 3.8) is 0 Å². The topological polar surface area (TPSA) is 35.2 Å². The number of halogens is 2. The van der Waals surface area contributed by atoms with Crippen LogP contribution < -0.4 is 10.5 Å². The van der Waals surface area contributed by atoms with E-state index in [-0.39, 0.29) is 11.9 Å². The summed E-state index contributed by atoms with van der Waals surface area (Å²) in [7, 11) is 1.61. The number of thiophene rings is 1. The van der Waals surface area contributed by atoms with Gasteiger partial charge in [-0.15, -0.1) is 11.3 Å². The number of methoxy groups -OCH3 is 1. The third-order valence-corrected chi connectivity index (χ3v) is 4.06. The van der Waals surface area contributed by atoms with Gasteiger partial charge in [0.25, 0.3) is 0 Å². The lowest BCUT2D eigenvalue weighted by Crippen LogP contribution is -2.12. The molecule has 0 aliphatic rings. The molecule has 1 aromatic heterocycles. The van der Waals surface area contributed by atoms with Gasteiger partial charge in [-0.1, -0.05) is 11.6 Å². The van der Waals surface area contributed by atoms with Crippen molar-refractivity contribution in [3.05, 3.63) is 50.9 Å². The first-order chi connectivity index (χ1) is 8.60. The number of hydrogen-bond acceptors (Lipinski definition) is 3. The molecule has 2 N–H and O–H groups in total. The molecular formula is C13H13ClFNOS. The Kier molecular flexibility index (Phi) is 4.22. The monoisotopic (exact) mass is 285 g/mol.